The summed E-state index contributed by atoms with van der Waals surface area (Å²) in [6.45, 7) is 4.73. The molecule has 7 atom stereocenters. The van der Waals surface area contributed by atoms with Crippen molar-refractivity contribution in [2.24, 2.45) is 34.5 Å². The Balaban J connectivity index is 1.22. The normalized spacial score (nSPS) is 41.6. The number of hydrogen-bond acceptors (Lipinski definition) is 2. The number of nitrogens with one attached hydrogen (secondary N) is 2. The molecule has 1 heterocycles. The Morgan fingerprint density at radius 3 is 2.56 bits per heavy atom. The van der Waals surface area contributed by atoms with Crippen LogP contribution in [-0.2, 0) is 15.1 Å². The van der Waals surface area contributed by atoms with E-state index in [1.54, 1.807) is 12.1 Å². The van der Waals surface area contributed by atoms with Gasteiger partial charge in [0.25, 0.3) is 0 Å². The second-order valence-electron chi connectivity index (χ2n) is 12.1. The number of amides is 2. The van der Waals surface area contributed by atoms with Gasteiger partial charge in [0.15, 0.2) is 0 Å². The summed E-state index contributed by atoms with van der Waals surface area (Å²) >= 11 is 12.6. The molecule has 2 N–H and O–H groups in total. The first-order valence-electron chi connectivity index (χ1n) is 12.9. The van der Waals surface area contributed by atoms with E-state index in [4.69, 9.17) is 23.2 Å². The van der Waals surface area contributed by atoms with Gasteiger partial charge in [-0.2, -0.15) is 0 Å². The average Bonchev–Trinajstić information content (AvgIpc) is 3.46. The van der Waals surface area contributed by atoms with Crippen LogP contribution in [-0.4, -0.2) is 17.9 Å². The van der Waals surface area contributed by atoms with Crippen LogP contribution in [0.25, 0.3) is 0 Å². The molecule has 4 fully saturated rings. The highest BCUT2D eigenvalue weighted by molar-refractivity contribution is 6.35. The maximum atomic E-state index is 13.8. The lowest BCUT2D eigenvalue weighted by Gasteiger charge is -2.58. The molecule has 6 rings (SSSR count). The molecule has 0 spiro atoms. The Kier molecular flexibility index (Phi) is 5.21. The molecule has 182 valence electrons. The molecule has 6 heteroatoms. The Labute approximate surface area is 212 Å². The molecular formula is C28H34Cl2N2O2. The van der Waals surface area contributed by atoms with Crippen LogP contribution in [0.15, 0.2) is 30.4 Å². The second kappa shape index (κ2) is 7.74. The van der Waals surface area contributed by atoms with E-state index >= 15 is 0 Å². The first-order valence-corrected chi connectivity index (χ1v) is 13.7. The highest BCUT2D eigenvalue weighted by Gasteiger charge is 2.61. The SMILES string of the molecule is C[C@]12C=CC(=O)NC1CC[C@@H]1[C@H]2CC[C@]2(C)C(C(=O)NC3(c4ccc(Cl)cc4Cl)CC3)CC[C@@H]12. The van der Waals surface area contributed by atoms with Crippen molar-refractivity contribution in [3.8, 4) is 0 Å². The Morgan fingerprint density at radius 2 is 1.82 bits per heavy atom. The van der Waals surface area contributed by atoms with Crippen molar-refractivity contribution in [1.82, 2.24) is 10.6 Å². The first kappa shape index (κ1) is 22.9. The van der Waals surface area contributed by atoms with Crippen LogP contribution >= 0.6 is 23.2 Å². The Hall–Kier alpha value is -1.52. The zero-order valence-corrected chi connectivity index (χ0v) is 21.5. The van der Waals surface area contributed by atoms with E-state index in [9.17, 15) is 9.59 Å². The van der Waals surface area contributed by atoms with Crippen molar-refractivity contribution < 1.29 is 9.59 Å². The predicted molar refractivity (Wildman–Crippen MR) is 134 cm³/mol. The number of hydrogen-bond donors (Lipinski definition) is 2. The summed E-state index contributed by atoms with van der Waals surface area (Å²) < 4.78 is 0. The van der Waals surface area contributed by atoms with Crippen LogP contribution < -0.4 is 10.6 Å². The Morgan fingerprint density at radius 1 is 1.03 bits per heavy atom. The third kappa shape index (κ3) is 3.31. The fraction of sp³-hybridized carbons (Fsp3) is 0.643. The number of halogens is 2. The molecule has 0 radical (unpaired) electrons. The minimum atomic E-state index is -0.332. The maximum absolute atomic E-state index is 13.8. The van der Waals surface area contributed by atoms with Crippen LogP contribution in [0, 0.1) is 34.5 Å². The van der Waals surface area contributed by atoms with Crippen LogP contribution in [0.1, 0.15) is 70.8 Å². The van der Waals surface area contributed by atoms with Crippen molar-refractivity contribution >= 4 is 35.0 Å². The number of carbonyl (C=O) groups is 2. The summed E-state index contributed by atoms with van der Waals surface area (Å²) in [5.74, 6) is 2.07. The monoisotopic (exact) mass is 500 g/mol. The van der Waals surface area contributed by atoms with Gasteiger partial charge in [0, 0.05) is 27.4 Å². The van der Waals surface area contributed by atoms with E-state index in [2.05, 4.69) is 30.6 Å². The fourth-order valence-electron chi connectivity index (χ4n) is 8.55. The topological polar surface area (TPSA) is 58.2 Å². The van der Waals surface area contributed by atoms with Gasteiger partial charge in [0.2, 0.25) is 11.8 Å². The molecule has 2 amide bonds. The van der Waals surface area contributed by atoms with Gasteiger partial charge in [-0.05, 0) is 98.3 Å². The molecule has 4 nitrogen and oxygen atoms in total. The number of carbonyl (C=O) groups excluding carboxylic acids is 2. The minimum absolute atomic E-state index is 0.0297. The smallest absolute Gasteiger partial charge is 0.243 e. The van der Waals surface area contributed by atoms with Gasteiger partial charge >= 0.3 is 0 Å². The third-order valence-electron chi connectivity index (χ3n) is 10.6. The summed E-state index contributed by atoms with van der Waals surface area (Å²) in [4.78, 5) is 25.7. The van der Waals surface area contributed by atoms with Crippen molar-refractivity contribution in [3.05, 3.63) is 46.0 Å². The lowest BCUT2D eigenvalue weighted by molar-refractivity contribution is -0.135. The molecule has 1 aromatic carbocycles. The third-order valence-corrected chi connectivity index (χ3v) is 11.1. The number of benzene rings is 1. The summed E-state index contributed by atoms with van der Waals surface area (Å²) in [5.41, 5.74) is 0.728. The summed E-state index contributed by atoms with van der Waals surface area (Å²) in [6, 6.07) is 5.85. The molecule has 0 saturated heterocycles. The van der Waals surface area contributed by atoms with Crippen molar-refractivity contribution in [3.63, 3.8) is 0 Å². The number of fused-ring (bicyclic) bond motifs is 5. The van der Waals surface area contributed by atoms with E-state index in [1.807, 2.05) is 12.1 Å². The van der Waals surface area contributed by atoms with Gasteiger partial charge in [-0.15, -0.1) is 0 Å². The highest BCUT2D eigenvalue weighted by Crippen LogP contribution is 2.65. The molecule has 0 aromatic heterocycles. The van der Waals surface area contributed by atoms with Crippen molar-refractivity contribution in [2.75, 3.05) is 0 Å². The van der Waals surface area contributed by atoms with E-state index in [0.717, 1.165) is 56.9 Å². The molecule has 4 saturated carbocycles. The van der Waals surface area contributed by atoms with Gasteiger partial charge < -0.3 is 10.6 Å². The van der Waals surface area contributed by atoms with E-state index in [0.29, 0.717) is 27.8 Å². The van der Waals surface area contributed by atoms with Crippen LogP contribution in [0.2, 0.25) is 10.0 Å². The van der Waals surface area contributed by atoms with Crippen LogP contribution in [0.5, 0.6) is 0 Å². The molecule has 1 aliphatic heterocycles. The number of rotatable bonds is 3. The lowest BCUT2D eigenvalue weighted by atomic mass is 9.48. The highest BCUT2D eigenvalue weighted by atomic mass is 35.5. The van der Waals surface area contributed by atoms with Gasteiger partial charge in [-0.25, -0.2) is 0 Å². The molecule has 4 aliphatic carbocycles. The van der Waals surface area contributed by atoms with E-state index in [1.165, 1.54) is 0 Å². The molecule has 2 unspecified atom stereocenters. The molecule has 1 aromatic rings. The van der Waals surface area contributed by atoms with E-state index in [-0.39, 0.29) is 40.1 Å². The molecule has 34 heavy (non-hydrogen) atoms. The van der Waals surface area contributed by atoms with Crippen LogP contribution in [0.3, 0.4) is 0 Å². The maximum Gasteiger partial charge on any atom is 0.243 e. The van der Waals surface area contributed by atoms with Gasteiger partial charge in [0.05, 0.1) is 5.54 Å². The van der Waals surface area contributed by atoms with Crippen LogP contribution in [0.4, 0.5) is 0 Å². The van der Waals surface area contributed by atoms with Gasteiger partial charge in [0.1, 0.15) is 0 Å². The average molecular weight is 501 g/mol. The first-order chi connectivity index (χ1) is 16.2. The van der Waals surface area contributed by atoms with E-state index < -0.39 is 0 Å². The quantitative estimate of drug-likeness (QED) is 0.533. The zero-order chi connectivity index (χ0) is 23.9. The van der Waals surface area contributed by atoms with Gasteiger partial charge in [-0.3, -0.25) is 9.59 Å². The predicted octanol–water partition coefficient (Wildman–Crippen LogP) is 6.01. The molecular weight excluding hydrogens is 467 g/mol. The summed E-state index contributed by atoms with van der Waals surface area (Å²) in [6.07, 6.45) is 12.3. The fourth-order valence-corrected chi connectivity index (χ4v) is 9.14. The standard InChI is InChI=1S/C28H34Cl2N2O2/c1-26-11-9-19-17(4-8-23-27(19,2)12-10-24(33)31-23)18(26)6-7-21(26)25(34)32-28(13-14-28)20-5-3-16(29)15-22(20)30/h3,5,10,12,15,17-19,21,23H,4,6-9,11,13-14H2,1-2H3,(H,31,33)(H,32,34)/t17-,18-,19+,21?,23?,26-,27+/m0/s1. The Bertz CT molecular complexity index is 1080. The zero-order valence-electron chi connectivity index (χ0n) is 20.0. The minimum Gasteiger partial charge on any atom is -0.349 e. The van der Waals surface area contributed by atoms with Crippen molar-refractivity contribution in [1.29, 1.82) is 0 Å². The van der Waals surface area contributed by atoms with Crippen molar-refractivity contribution in [2.45, 2.75) is 76.8 Å². The summed E-state index contributed by atoms with van der Waals surface area (Å²) in [7, 11) is 0. The summed E-state index contributed by atoms with van der Waals surface area (Å²) in [5, 5.41) is 7.94. The van der Waals surface area contributed by atoms with Gasteiger partial charge in [-0.1, -0.05) is 49.2 Å². The molecule has 5 aliphatic rings. The lowest BCUT2D eigenvalue weighted by Crippen LogP contribution is -2.59. The molecule has 0 bridgehead atoms. The largest absolute Gasteiger partial charge is 0.349 e. The second-order valence-corrected chi connectivity index (χ2v) is 12.9.